The highest BCUT2D eigenvalue weighted by Crippen LogP contribution is 2.25. The quantitative estimate of drug-likeness (QED) is 0.389. The first-order chi connectivity index (χ1) is 11.3. The SMILES string of the molecule is CC(=O)N[C@@H]1[C@H](Oc2ccc([N+](=O)[O-])cc2)O[C@H](CO)[C@@H](O)[C@H]1O. The molecule has 1 aliphatic rings. The van der Waals surface area contributed by atoms with Gasteiger partial charge in [-0.05, 0) is 12.1 Å². The van der Waals surface area contributed by atoms with E-state index in [4.69, 9.17) is 9.47 Å². The first-order valence-electron chi connectivity index (χ1n) is 7.14. The fourth-order valence-corrected chi connectivity index (χ4v) is 2.35. The second kappa shape index (κ2) is 7.53. The Balaban J connectivity index is 2.19. The molecule has 0 unspecified atom stereocenters. The first-order valence-corrected chi connectivity index (χ1v) is 7.14. The minimum Gasteiger partial charge on any atom is -0.463 e. The molecule has 5 atom stereocenters. The lowest BCUT2D eigenvalue weighted by atomic mass is 9.97. The number of nitro groups is 1. The average molecular weight is 342 g/mol. The summed E-state index contributed by atoms with van der Waals surface area (Å²) < 4.78 is 10.9. The number of rotatable bonds is 5. The topological polar surface area (TPSA) is 151 Å². The molecule has 4 N–H and O–H groups in total. The summed E-state index contributed by atoms with van der Waals surface area (Å²) in [4.78, 5) is 21.4. The van der Waals surface area contributed by atoms with Crippen molar-refractivity contribution in [2.24, 2.45) is 0 Å². The number of aliphatic hydroxyl groups excluding tert-OH is 3. The summed E-state index contributed by atoms with van der Waals surface area (Å²) >= 11 is 0. The van der Waals surface area contributed by atoms with Crippen LogP contribution in [-0.4, -0.2) is 63.4 Å². The largest absolute Gasteiger partial charge is 0.463 e. The minimum absolute atomic E-state index is 0.131. The van der Waals surface area contributed by atoms with Gasteiger partial charge in [-0.15, -0.1) is 0 Å². The standard InChI is InChI=1S/C14H18N2O8/c1-7(18)15-11-13(20)12(19)10(6-17)24-14(11)23-9-4-2-8(3-5-9)16(21)22/h2-5,10-14,17,19-20H,6H2,1H3,(H,15,18)/t10-,11+,12-,13+,14-/m1/s1. The number of carbonyl (C=O) groups excluding carboxylic acids is 1. The Kier molecular flexibility index (Phi) is 5.67. The average Bonchev–Trinajstić information content (AvgIpc) is 2.54. The number of benzene rings is 1. The van der Waals surface area contributed by atoms with E-state index >= 15 is 0 Å². The molecule has 10 nitrogen and oxygen atoms in total. The first kappa shape index (κ1) is 18.1. The number of hydrogen-bond acceptors (Lipinski definition) is 8. The van der Waals surface area contributed by atoms with Crippen molar-refractivity contribution in [1.82, 2.24) is 5.32 Å². The van der Waals surface area contributed by atoms with Gasteiger partial charge in [-0.25, -0.2) is 0 Å². The summed E-state index contributed by atoms with van der Waals surface area (Å²) in [5, 5.41) is 42.3. The number of non-ortho nitro benzene ring substituents is 1. The van der Waals surface area contributed by atoms with Crippen LogP contribution in [0.1, 0.15) is 6.92 Å². The Bertz CT molecular complexity index is 593. The summed E-state index contributed by atoms with van der Waals surface area (Å²) in [5.41, 5.74) is -0.131. The van der Waals surface area contributed by atoms with Gasteiger partial charge in [-0.2, -0.15) is 0 Å². The van der Waals surface area contributed by atoms with Crippen LogP contribution < -0.4 is 10.1 Å². The van der Waals surface area contributed by atoms with E-state index in [0.717, 1.165) is 0 Å². The molecule has 1 amide bonds. The van der Waals surface area contributed by atoms with Gasteiger partial charge in [0.05, 0.1) is 11.5 Å². The molecule has 1 aromatic carbocycles. The lowest BCUT2D eigenvalue weighted by Crippen LogP contribution is -2.65. The van der Waals surface area contributed by atoms with Crippen LogP contribution in [0.25, 0.3) is 0 Å². The molecule has 1 aromatic rings. The normalized spacial score (nSPS) is 29.8. The van der Waals surface area contributed by atoms with E-state index in [1.165, 1.54) is 31.2 Å². The molecular formula is C14H18N2O8. The molecule has 0 bridgehead atoms. The smallest absolute Gasteiger partial charge is 0.269 e. The molecule has 0 radical (unpaired) electrons. The van der Waals surface area contributed by atoms with E-state index < -0.39 is 48.1 Å². The van der Waals surface area contributed by atoms with E-state index in [9.17, 15) is 30.2 Å². The molecular weight excluding hydrogens is 324 g/mol. The molecule has 0 spiro atoms. The molecule has 0 aromatic heterocycles. The van der Waals surface area contributed by atoms with Gasteiger partial charge in [0.15, 0.2) is 0 Å². The maximum atomic E-state index is 11.3. The van der Waals surface area contributed by atoms with Gasteiger partial charge in [0.1, 0.15) is 30.1 Å². The number of nitrogens with one attached hydrogen (secondary N) is 1. The van der Waals surface area contributed by atoms with Gasteiger partial charge < -0.3 is 30.1 Å². The summed E-state index contributed by atoms with van der Waals surface area (Å²) in [6.45, 7) is 0.658. The molecule has 2 rings (SSSR count). The minimum atomic E-state index is -1.43. The van der Waals surface area contributed by atoms with E-state index in [2.05, 4.69) is 5.32 Å². The predicted molar refractivity (Wildman–Crippen MR) is 79.1 cm³/mol. The molecule has 1 aliphatic heterocycles. The molecule has 0 aliphatic carbocycles. The Morgan fingerprint density at radius 1 is 1.33 bits per heavy atom. The number of hydrogen-bond donors (Lipinski definition) is 4. The zero-order valence-electron chi connectivity index (χ0n) is 12.7. The lowest BCUT2D eigenvalue weighted by Gasteiger charge is -2.42. The van der Waals surface area contributed by atoms with Crippen molar-refractivity contribution in [3.8, 4) is 5.75 Å². The Morgan fingerprint density at radius 3 is 2.46 bits per heavy atom. The van der Waals surface area contributed by atoms with Crippen molar-refractivity contribution in [3.63, 3.8) is 0 Å². The number of nitro benzene ring substituents is 1. The number of amides is 1. The molecule has 1 fully saturated rings. The summed E-state index contributed by atoms with van der Waals surface area (Å²) in [6.07, 6.45) is -5.15. The van der Waals surface area contributed by atoms with E-state index in [-0.39, 0.29) is 11.4 Å². The molecule has 0 saturated carbocycles. The van der Waals surface area contributed by atoms with Crippen molar-refractivity contribution in [2.45, 2.75) is 37.6 Å². The predicted octanol–water partition coefficient (Wildman–Crippen LogP) is -1.08. The number of nitrogens with zero attached hydrogens (tertiary/aromatic N) is 1. The third-order valence-corrected chi connectivity index (χ3v) is 3.55. The van der Waals surface area contributed by atoms with Crippen LogP contribution >= 0.6 is 0 Å². The second-order valence-corrected chi connectivity index (χ2v) is 5.30. The van der Waals surface area contributed by atoms with Gasteiger partial charge in [-0.3, -0.25) is 14.9 Å². The maximum Gasteiger partial charge on any atom is 0.269 e. The highest BCUT2D eigenvalue weighted by Gasteiger charge is 2.46. The van der Waals surface area contributed by atoms with Crippen LogP contribution in [0.3, 0.4) is 0 Å². The highest BCUT2D eigenvalue weighted by atomic mass is 16.7. The Morgan fingerprint density at radius 2 is 1.96 bits per heavy atom. The van der Waals surface area contributed by atoms with E-state index in [0.29, 0.717) is 0 Å². The van der Waals surface area contributed by atoms with Gasteiger partial charge >= 0.3 is 0 Å². The Labute approximate surface area is 136 Å². The van der Waals surface area contributed by atoms with E-state index in [1.54, 1.807) is 0 Å². The van der Waals surface area contributed by atoms with Crippen LogP contribution in [0.2, 0.25) is 0 Å². The van der Waals surface area contributed by atoms with Crippen LogP contribution in [0.5, 0.6) is 5.75 Å². The third kappa shape index (κ3) is 3.97. The van der Waals surface area contributed by atoms with Crippen LogP contribution in [0, 0.1) is 10.1 Å². The molecule has 1 saturated heterocycles. The molecule has 10 heteroatoms. The zero-order valence-corrected chi connectivity index (χ0v) is 12.7. The van der Waals surface area contributed by atoms with Gasteiger partial charge in [0.25, 0.3) is 5.69 Å². The third-order valence-electron chi connectivity index (χ3n) is 3.55. The zero-order chi connectivity index (χ0) is 17.9. The lowest BCUT2D eigenvalue weighted by molar-refractivity contribution is -0.384. The van der Waals surface area contributed by atoms with Crippen molar-refractivity contribution < 1.29 is 34.5 Å². The van der Waals surface area contributed by atoms with Crippen molar-refractivity contribution in [1.29, 1.82) is 0 Å². The van der Waals surface area contributed by atoms with Crippen LogP contribution in [-0.2, 0) is 9.53 Å². The molecule has 132 valence electrons. The fourth-order valence-electron chi connectivity index (χ4n) is 2.35. The highest BCUT2D eigenvalue weighted by molar-refractivity contribution is 5.73. The van der Waals surface area contributed by atoms with Gasteiger partial charge in [0, 0.05) is 19.1 Å². The number of aliphatic hydroxyl groups is 3. The van der Waals surface area contributed by atoms with Gasteiger partial charge in [-0.1, -0.05) is 0 Å². The van der Waals surface area contributed by atoms with E-state index in [1.807, 2.05) is 0 Å². The second-order valence-electron chi connectivity index (χ2n) is 5.30. The van der Waals surface area contributed by atoms with Crippen LogP contribution in [0.4, 0.5) is 5.69 Å². The molecule has 1 heterocycles. The summed E-state index contributed by atoms with van der Waals surface area (Å²) in [6, 6.07) is 4.02. The monoisotopic (exact) mass is 342 g/mol. The Hall–Kier alpha value is -2.27. The maximum absolute atomic E-state index is 11.3. The summed E-state index contributed by atoms with van der Waals surface area (Å²) in [7, 11) is 0. The van der Waals surface area contributed by atoms with Crippen molar-refractivity contribution in [3.05, 3.63) is 34.4 Å². The fraction of sp³-hybridized carbons (Fsp3) is 0.500. The van der Waals surface area contributed by atoms with Gasteiger partial charge in [0.2, 0.25) is 12.2 Å². The van der Waals surface area contributed by atoms with Crippen molar-refractivity contribution >= 4 is 11.6 Å². The number of carbonyl (C=O) groups is 1. The van der Waals surface area contributed by atoms with Crippen molar-refractivity contribution in [2.75, 3.05) is 6.61 Å². The van der Waals surface area contributed by atoms with Crippen LogP contribution in [0.15, 0.2) is 24.3 Å². The number of ether oxygens (including phenoxy) is 2. The summed E-state index contributed by atoms with van der Waals surface area (Å²) in [5.74, 6) is -0.282. The molecule has 24 heavy (non-hydrogen) atoms.